The maximum Gasteiger partial charge on any atom is 0.272 e. The molecule has 0 radical (unpaired) electrons. The molecule has 4 rings (SSSR count). The first-order valence-corrected chi connectivity index (χ1v) is 8.80. The third kappa shape index (κ3) is 2.67. The number of H-pyrrole nitrogens is 1. The molecule has 0 saturated heterocycles. The van der Waals surface area contributed by atoms with Gasteiger partial charge in [0.15, 0.2) is 0 Å². The van der Waals surface area contributed by atoms with E-state index in [4.69, 9.17) is 14.2 Å². The second-order valence-corrected chi connectivity index (χ2v) is 6.52. The number of carbonyl (C=O) groups excluding carboxylic acids is 1. The topological polar surface area (TPSA) is 76.7 Å². The zero-order chi connectivity index (χ0) is 19.8. The summed E-state index contributed by atoms with van der Waals surface area (Å²) in [6, 6.07) is 12.8. The minimum absolute atomic E-state index is 0.114. The lowest BCUT2D eigenvalue weighted by molar-refractivity contribution is 0.0786. The van der Waals surface area contributed by atoms with Crippen molar-refractivity contribution in [3.8, 4) is 28.5 Å². The van der Waals surface area contributed by atoms with Gasteiger partial charge in [-0.2, -0.15) is 5.10 Å². The average Bonchev–Trinajstić information content (AvgIpc) is 3.27. The number of ether oxygens (including phenoxy) is 3. The highest BCUT2D eigenvalue weighted by atomic mass is 16.5. The summed E-state index contributed by atoms with van der Waals surface area (Å²) in [5.41, 5.74) is 3.78. The summed E-state index contributed by atoms with van der Waals surface area (Å²) in [6.45, 7) is 0. The van der Waals surface area contributed by atoms with E-state index in [-0.39, 0.29) is 11.9 Å². The van der Waals surface area contributed by atoms with Crippen molar-refractivity contribution in [3.05, 3.63) is 59.3 Å². The Labute approximate surface area is 162 Å². The van der Waals surface area contributed by atoms with Crippen molar-refractivity contribution in [2.45, 2.75) is 6.04 Å². The molecule has 0 spiro atoms. The SMILES string of the molecule is COc1ccc(-c2n[nH]c3c2[C@@H](c2cc(OC)ccc2OC)N(C)C3=O)cc1. The number of fused-ring (bicyclic) bond motifs is 1. The van der Waals surface area contributed by atoms with E-state index in [0.29, 0.717) is 17.2 Å². The Morgan fingerprint density at radius 1 is 0.964 bits per heavy atom. The van der Waals surface area contributed by atoms with E-state index in [1.807, 2.05) is 42.5 Å². The van der Waals surface area contributed by atoms with Crippen LogP contribution in [0.2, 0.25) is 0 Å². The molecule has 7 nitrogen and oxygen atoms in total. The van der Waals surface area contributed by atoms with Crippen molar-refractivity contribution >= 4 is 5.91 Å². The number of hydrogen-bond acceptors (Lipinski definition) is 5. The molecule has 2 heterocycles. The quantitative estimate of drug-likeness (QED) is 0.736. The molecule has 1 atom stereocenters. The normalized spacial score (nSPS) is 15.5. The van der Waals surface area contributed by atoms with Crippen LogP contribution in [0.4, 0.5) is 0 Å². The van der Waals surface area contributed by atoms with Gasteiger partial charge >= 0.3 is 0 Å². The molecule has 0 aliphatic carbocycles. The number of hydrogen-bond donors (Lipinski definition) is 1. The summed E-state index contributed by atoms with van der Waals surface area (Å²) in [5, 5.41) is 7.35. The Kier molecular flexibility index (Phi) is 4.43. The van der Waals surface area contributed by atoms with Crippen LogP contribution >= 0.6 is 0 Å². The zero-order valence-electron chi connectivity index (χ0n) is 16.1. The van der Waals surface area contributed by atoms with Crippen molar-refractivity contribution in [3.63, 3.8) is 0 Å². The van der Waals surface area contributed by atoms with E-state index in [1.54, 1.807) is 33.3 Å². The van der Waals surface area contributed by atoms with Gasteiger partial charge < -0.3 is 19.1 Å². The summed E-state index contributed by atoms with van der Waals surface area (Å²) in [5.74, 6) is 2.02. The van der Waals surface area contributed by atoms with Crippen LogP contribution in [0.15, 0.2) is 42.5 Å². The number of aromatic amines is 1. The van der Waals surface area contributed by atoms with Crippen LogP contribution in [0.5, 0.6) is 17.2 Å². The summed E-state index contributed by atoms with van der Waals surface area (Å²) < 4.78 is 16.2. The van der Waals surface area contributed by atoms with Gasteiger partial charge in [0, 0.05) is 23.7 Å². The van der Waals surface area contributed by atoms with Gasteiger partial charge in [0.2, 0.25) is 0 Å². The molecular formula is C21H21N3O4. The first-order valence-electron chi connectivity index (χ1n) is 8.80. The maximum absolute atomic E-state index is 12.8. The number of benzene rings is 2. The van der Waals surface area contributed by atoms with Gasteiger partial charge in [-0.1, -0.05) is 0 Å². The molecular weight excluding hydrogens is 358 g/mol. The standard InChI is InChI=1S/C21H21N3O4/c1-24-20(15-11-14(27-3)9-10-16(15)28-4)17-18(22-23-19(17)21(24)25)12-5-7-13(26-2)8-6-12/h5-11,20H,1-4H3,(H,22,23)/t20-/m1/s1. The molecule has 0 saturated carbocycles. The predicted octanol–water partition coefficient (Wildman–Crippen LogP) is 3.28. The Balaban J connectivity index is 1.89. The molecule has 1 aliphatic rings. The van der Waals surface area contributed by atoms with Crippen molar-refractivity contribution < 1.29 is 19.0 Å². The highest BCUT2D eigenvalue weighted by Gasteiger charge is 2.41. The molecule has 1 aliphatic heterocycles. The number of methoxy groups -OCH3 is 3. The second kappa shape index (κ2) is 6.92. The predicted molar refractivity (Wildman–Crippen MR) is 104 cm³/mol. The molecule has 144 valence electrons. The first-order chi connectivity index (χ1) is 13.6. The Hall–Kier alpha value is -3.48. The van der Waals surface area contributed by atoms with Crippen LogP contribution in [-0.4, -0.2) is 49.4 Å². The number of nitrogens with zero attached hydrogens (tertiary/aromatic N) is 2. The van der Waals surface area contributed by atoms with E-state index < -0.39 is 0 Å². The summed E-state index contributed by atoms with van der Waals surface area (Å²) in [4.78, 5) is 14.5. The number of aromatic nitrogens is 2. The van der Waals surface area contributed by atoms with E-state index in [1.165, 1.54) is 0 Å². The van der Waals surface area contributed by atoms with Crippen LogP contribution in [0.1, 0.15) is 27.7 Å². The third-order valence-corrected chi connectivity index (χ3v) is 5.09. The molecule has 0 fully saturated rings. The molecule has 3 aromatic rings. The van der Waals surface area contributed by atoms with Crippen LogP contribution in [-0.2, 0) is 0 Å². The monoisotopic (exact) mass is 379 g/mol. The average molecular weight is 379 g/mol. The number of rotatable bonds is 5. The smallest absolute Gasteiger partial charge is 0.272 e. The van der Waals surface area contributed by atoms with E-state index >= 15 is 0 Å². The molecule has 28 heavy (non-hydrogen) atoms. The maximum atomic E-state index is 12.8. The highest BCUT2D eigenvalue weighted by molar-refractivity contribution is 6.00. The van der Waals surface area contributed by atoms with Gasteiger partial charge in [0.1, 0.15) is 22.9 Å². The number of carbonyl (C=O) groups is 1. The minimum Gasteiger partial charge on any atom is -0.497 e. The molecule has 0 unspecified atom stereocenters. The molecule has 0 bridgehead atoms. The van der Waals surface area contributed by atoms with Crippen LogP contribution in [0.3, 0.4) is 0 Å². The van der Waals surface area contributed by atoms with Crippen LogP contribution < -0.4 is 14.2 Å². The molecule has 2 aromatic carbocycles. The van der Waals surface area contributed by atoms with Crippen molar-refractivity contribution in [1.82, 2.24) is 15.1 Å². The minimum atomic E-state index is -0.344. The molecule has 7 heteroatoms. The molecule has 1 amide bonds. The highest BCUT2D eigenvalue weighted by Crippen LogP contribution is 2.45. The van der Waals surface area contributed by atoms with Crippen molar-refractivity contribution in [1.29, 1.82) is 0 Å². The second-order valence-electron chi connectivity index (χ2n) is 6.52. The first kappa shape index (κ1) is 17.9. The lowest BCUT2D eigenvalue weighted by Gasteiger charge is -2.24. The van der Waals surface area contributed by atoms with E-state index in [2.05, 4.69) is 10.2 Å². The summed E-state index contributed by atoms with van der Waals surface area (Å²) in [7, 11) is 6.63. The third-order valence-electron chi connectivity index (χ3n) is 5.09. The van der Waals surface area contributed by atoms with Gasteiger partial charge in [-0.05, 0) is 42.5 Å². The van der Waals surface area contributed by atoms with Gasteiger partial charge in [0.25, 0.3) is 5.91 Å². The van der Waals surface area contributed by atoms with Gasteiger partial charge in [-0.3, -0.25) is 9.89 Å². The summed E-state index contributed by atoms with van der Waals surface area (Å²) in [6.07, 6.45) is 0. The molecule has 1 N–H and O–H groups in total. The van der Waals surface area contributed by atoms with E-state index in [0.717, 1.165) is 28.1 Å². The lowest BCUT2D eigenvalue weighted by Crippen LogP contribution is -2.25. The molecule has 1 aromatic heterocycles. The number of nitrogens with one attached hydrogen (secondary N) is 1. The number of amides is 1. The fraction of sp³-hybridized carbons (Fsp3) is 0.238. The summed E-state index contributed by atoms with van der Waals surface area (Å²) >= 11 is 0. The van der Waals surface area contributed by atoms with Gasteiger partial charge in [-0.15, -0.1) is 0 Å². The largest absolute Gasteiger partial charge is 0.497 e. The Morgan fingerprint density at radius 2 is 1.64 bits per heavy atom. The zero-order valence-corrected chi connectivity index (χ0v) is 16.1. The Bertz CT molecular complexity index is 1030. The van der Waals surface area contributed by atoms with Crippen molar-refractivity contribution in [2.75, 3.05) is 28.4 Å². The van der Waals surface area contributed by atoms with Gasteiger partial charge in [-0.25, -0.2) is 0 Å². The lowest BCUT2D eigenvalue weighted by atomic mass is 9.95. The fourth-order valence-electron chi connectivity index (χ4n) is 3.65. The van der Waals surface area contributed by atoms with Crippen molar-refractivity contribution in [2.24, 2.45) is 0 Å². The van der Waals surface area contributed by atoms with Crippen LogP contribution in [0.25, 0.3) is 11.3 Å². The Morgan fingerprint density at radius 3 is 2.29 bits per heavy atom. The van der Waals surface area contributed by atoms with Gasteiger partial charge in [0.05, 0.1) is 33.1 Å². The van der Waals surface area contributed by atoms with Crippen LogP contribution in [0, 0.1) is 0 Å². The van der Waals surface area contributed by atoms with E-state index in [9.17, 15) is 4.79 Å². The fourth-order valence-corrected chi connectivity index (χ4v) is 3.65.